The molecule has 2 N–H and O–H groups in total. The average Bonchev–Trinajstić information content (AvgIpc) is 2.47. The third-order valence-corrected chi connectivity index (χ3v) is 3.74. The summed E-state index contributed by atoms with van der Waals surface area (Å²) in [5.74, 6) is 0.266. The van der Waals surface area contributed by atoms with Crippen LogP contribution < -0.4 is 5.73 Å². The van der Waals surface area contributed by atoms with E-state index < -0.39 is 0 Å². The standard InChI is InChI=1S/C11H20N2O/c1-11(5-3-2-4-6-11)13-8-9(12)7-10(13)14/h9H,2-8,12H2,1H3. The molecular weight excluding hydrogens is 176 g/mol. The van der Waals surface area contributed by atoms with E-state index in [0.29, 0.717) is 6.42 Å². The van der Waals surface area contributed by atoms with Gasteiger partial charge in [-0.05, 0) is 19.8 Å². The number of carbonyl (C=O) groups excluding carboxylic acids is 1. The van der Waals surface area contributed by atoms with Gasteiger partial charge in [-0.25, -0.2) is 0 Å². The maximum Gasteiger partial charge on any atom is 0.224 e. The average molecular weight is 196 g/mol. The van der Waals surface area contributed by atoms with Crippen LogP contribution in [0.25, 0.3) is 0 Å². The highest BCUT2D eigenvalue weighted by molar-refractivity contribution is 5.80. The van der Waals surface area contributed by atoms with Gasteiger partial charge in [0.25, 0.3) is 0 Å². The maximum absolute atomic E-state index is 11.7. The SMILES string of the molecule is CC1(N2CC(N)CC2=O)CCCCC1. The second kappa shape index (κ2) is 3.54. The summed E-state index contributed by atoms with van der Waals surface area (Å²) < 4.78 is 0. The topological polar surface area (TPSA) is 46.3 Å². The number of nitrogens with zero attached hydrogens (tertiary/aromatic N) is 1. The molecule has 0 aromatic carbocycles. The minimum absolute atomic E-state index is 0.0706. The Balaban J connectivity index is 2.09. The van der Waals surface area contributed by atoms with E-state index in [2.05, 4.69) is 6.92 Å². The molecule has 1 unspecified atom stereocenters. The van der Waals surface area contributed by atoms with Crippen molar-refractivity contribution in [2.24, 2.45) is 5.73 Å². The van der Waals surface area contributed by atoms with Gasteiger partial charge in [0.05, 0.1) is 0 Å². The van der Waals surface area contributed by atoms with Gasteiger partial charge >= 0.3 is 0 Å². The van der Waals surface area contributed by atoms with Crippen LogP contribution in [0.15, 0.2) is 0 Å². The lowest BCUT2D eigenvalue weighted by Gasteiger charge is -2.42. The van der Waals surface area contributed by atoms with Gasteiger partial charge in [0.2, 0.25) is 5.91 Å². The molecular formula is C11H20N2O. The molecule has 3 heteroatoms. The first-order chi connectivity index (χ1) is 6.62. The first kappa shape index (κ1) is 9.97. The Morgan fingerprint density at radius 3 is 2.50 bits per heavy atom. The van der Waals surface area contributed by atoms with Crippen LogP contribution >= 0.6 is 0 Å². The maximum atomic E-state index is 11.7. The van der Waals surface area contributed by atoms with Crippen LogP contribution in [-0.2, 0) is 4.79 Å². The van der Waals surface area contributed by atoms with Gasteiger partial charge in [-0.2, -0.15) is 0 Å². The molecule has 1 saturated carbocycles. The summed E-state index contributed by atoms with van der Waals surface area (Å²) in [6.45, 7) is 3.00. The third-order valence-electron chi connectivity index (χ3n) is 3.74. The normalized spacial score (nSPS) is 32.3. The van der Waals surface area contributed by atoms with E-state index in [9.17, 15) is 4.79 Å². The lowest BCUT2D eigenvalue weighted by Crippen LogP contribution is -2.49. The zero-order chi connectivity index (χ0) is 10.2. The molecule has 2 rings (SSSR count). The van der Waals surface area contributed by atoms with Gasteiger partial charge in [0.1, 0.15) is 0 Å². The van der Waals surface area contributed by atoms with Crippen LogP contribution in [0.2, 0.25) is 0 Å². The van der Waals surface area contributed by atoms with Crippen LogP contribution in [0.3, 0.4) is 0 Å². The molecule has 80 valence electrons. The Morgan fingerprint density at radius 2 is 2.00 bits per heavy atom. The van der Waals surface area contributed by atoms with Gasteiger partial charge < -0.3 is 10.6 Å². The smallest absolute Gasteiger partial charge is 0.224 e. The molecule has 1 atom stereocenters. The summed E-state index contributed by atoms with van der Waals surface area (Å²) in [6, 6.07) is 0.0706. The molecule has 0 spiro atoms. The fourth-order valence-corrected chi connectivity index (χ4v) is 2.84. The molecule has 2 fully saturated rings. The molecule has 0 radical (unpaired) electrons. The van der Waals surface area contributed by atoms with Crippen LogP contribution in [0.5, 0.6) is 0 Å². The Kier molecular flexibility index (Phi) is 2.52. The van der Waals surface area contributed by atoms with E-state index >= 15 is 0 Å². The van der Waals surface area contributed by atoms with Gasteiger partial charge in [-0.3, -0.25) is 4.79 Å². The zero-order valence-electron chi connectivity index (χ0n) is 8.96. The highest BCUT2D eigenvalue weighted by Crippen LogP contribution is 2.35. The number of rotatable bonds is 1. The number of hydrogen-bond donors (Lipinski definition) is 1. The molecule has 0 bridgehead atoms. The van der Waals surface area contributed by atoms with Crippen LogP contribution in [0, 0.1) is 0 Å². The minimum Gasteiger partial charge on any atom is -0.336 e. The molecule has 1 aliphatic carbocycles. The summed E-state index contributed by atoms with van der Waals surface area (Å²) in [7, 11) is 0. The number of likely N-dealkylation sites (tertiary alicyclic amines) is 1. The first-order valence-corrected chi connectivity index (χ1v) is 5.68. The number of hydrogen-bond acceptors (Lipinski definition) is 2. The van der Waals surface area contributed by atoms with Crippen LogP contribution in [-0.4, -0.2) is 28.9 Å². The Labute approximate surface area is 85.6 Å². The predicted octanol–water partition coefficient (Wildman–Crippen LogP) is 1.27. The van der Waals surface area contributed by atoms with Crippen molar-refractivity contribution in [3.8, 4) is 0 Å². The number of carbonyl (C=O) groups is 1. The van der Waals surface area contributed by atoms with Crippen molar-refractivity contribution in [3.05, 3.63) is 0 Å². The molecule has 2 aliphatic rings. The molecule has 1 saturated heterocycles. The van der Waals surface area contributed by atoms with Crippen LogP contribution in [0.4, 0.5) is 0 Å². The second-order valence-electron chi connectivity index (χ2n) is 5.03. The van der Waals surface area contributed by atoms with E-state index in [-0.39, 0.29) is 17.5 Å². The molecule has 14 heavy (non-hydrogen) atoms. The highest BCUT2D eigenvalue weighted by Gasteiger charge is 2.40. The van der Waals surface area contributed by atoms with Crippen molar-refractivity contribution in [1.82, 2.24) is 4.90 Å². The first-order valence-electron chi connectivity index (χ1n) is 5.68. The van der Waals surface area contributed by atoms with Crippen molar-refractivity contribution in [2.75, 3.05) is 6.54 Å². The van der Waals surface area contributed by atoms with Crippen molar-refractivity contribution >= 4 is 5.91 Å². The van der Waals surface area contributed by atoms with Gasteiger partial charge in [0.15, 0.2) is 0 Å². The van der Waals surface area contributed by atoms with Gasteiger partial charge in [-0.1, -0.05) is 19.3 Å². The minimum atomic E-state index is 0.0706. The molecule has 3 nitrogen and oxygen atoms in total. The Hall–Kier alpha value is -0.570. The summed E-state index contributed by atoms with van der Waals surface area (Å²) >= 11 is 0. The second-order valence-corrected chi connectivity index (χ2v) is 5.03. The van der Waals surface area contributed by atoms with Gasteiger partial charge in [0, 0.05) is 24.5 Å². The number of nitrogens with two attached hydrogens (primary N) is 1. The van der Waals surface area contributed by atoms with E-state index in [1.54, 1.807) is 0 Å². The fraction of sp³-hybridized carbons (Fsp3) is 0.909. The molecule has 0 aromatic rings. The van der Waals surface area contributed by atoms with Crippen LogP contribution in [0.1, 0.15) is 45.4 Å². The monoisotopic (exact) mass is 196 g/mol. The highest BCUT2D eigenvalue weighted by atomic mass is 16.2. The summed E-state index contributed by atoms with van der Waals surface area (Å²) in [4.78, 5) is 13.8. The predicted molar refractivity (Wildman–Crippen MR) is 55.8 cm³/mol. The molecule has 1 aliphatic heterocycles. The zero-order valence-corrected chi connectivity index (χ0v) is 8.96. The molecule has 1 amide bonds. The van der Waals surface area contributed by atoms with E-state index in [1.807, 2.05) is 4.90 Å². The third kappa shape index (κ3) is 1.65. The molecule has 1 heterocycles. The quantitative estimate of drug-likeness (QED) is 0.686. The summed E-state index contributed by atoms with van der Waals surface area (Å²) in [5.41, 5.74) is 5.93. The van der Waals surface area contributed by atoms with E-state index in [1.165, 1.54) is 19.3 Å². The van der Waals surface area contributed by atoms with Crippen molar-refractivity contribution < 1.29 is 4.79 Å². The molecule has 0 aromatic heterocycles. The van der Waals surface area contributed by atoms with Crippen molar-refractivity contribution in [1.29, 1.82) is 0 Å². The van der Waals surface area contributed by atoms with Crippen molar-refractivity contribution in [3.63, 3.8) is 0 Å². The summed E-state index contributed by atoms with van der Waals surface area (Å²) in [5, 5.41) is 0. The van der Waals surface area contributed by atoms with E-state index in [0.717, 1.165) is 19.4 Å². The summed E-state index contributed by atoms with van der Waals surface area (Å²) in [6.07, 6.45) is 6.71. The Bertz CT molecular complexity index is 233. The number of amides is 1. The fourth-order valence-electron chi connectivity index (χ4n) is 2.84. The lowest BCUT2D eigenvalue weighted by atomic mass is 9.82. The van der Waals surface area contributed by atoms with Gasteiger partial charge in [-0.15, -0.1) is 0 Å². The Morgan fingerprint density at radius 1 is 1.36 bits per heavy atom. The largest absolute Gasteiger partial charge is 0.336 e. The van der Waals surface area contributed by atoms with Crippen molar-refractivity contribution in [2.45, 2.75) is 57.0 Å². The lowest BCUT2D eigenvalue weighted by molar-refractivity contribution is -0.133. The van der Waals surface area contributed by atoms with E-state index in [4.69, 9.17) is 5.73 Å².